The summed E-state index contributed by atoms with van der Waals surface area (Å²) < 4.78 is 27.0. The maximum Gasteiger partial charge on any atom is 0.267 e. The molecule has 2 N–H and O–H groups in total. The fourth-order valence-corrected chi connectivity index (χ4v) is 2.87. The Hall–Kier alpha value is -0.860. The minimum Gasteiger partial charge on any atom is -0.351 e. The molecule has 1 amide bonds. The monoisotopic (exact) mass is 363 g/mol. The number of amides is 1. The molecule has 0 bridgehead atoms. The molecule has 1 heterocycles. The highest BCUT2D eigenvalue weighted by Gasteiger charge is 2.27. The van der Waals surface area contributed by atoms with Crippen LogP contribution < -0.4 is 10.0 Å². The molecule has 0 atom stereocenters. The van der Waals surface area contributed by atoms with Gasteiger partial charge in [-0.15, -0.1) is 0 Å². The van der Waals surface area contributed by atoms with Gasteiger partial charge in [-0.25, -0.2) is 13.1 Å². The lowest BCUT2D eigenvalue weighted by Crippen LogP contribution is -2.30. The third kappa shape index (κ3) is 4.60. The lowest BCUT2D eigenvalue weighted by Gasteiger charge is -2.08. The highest BCUT2D eigenvalue weighted by atomic mass is 79.9. The number of nitrogens with one attached hydrogen (secondary N) is 2. The van der Waals surface area contributed by atoms with Gasteiger partial charge in [0.2, 0.25) is 10.0 Å². The van der Waals surface area contributed by atoms with Gasteiger partial charge >= 0.3 is 0 Å². The number of rotatable bonds is 7. The molecular weight excluding hydrogens is 346 g/mol. The minimum atomic E-state index is -3.16. The molecule has 112 valence electrons. The summed E-state index contributed by atoms with van der Waals surface area (Å²) in [6.07, 6.45) is 5.83. The molecule has 1 aliphatic rings. The maximum absolute atomic E-state index is 12.1. The summed E-state index contributed by atoms with van der Waals surface area (Å²) in [5.74, 6) is -0.123. The van der Waals surface area contributed by atoms with Gasteiger partial charge < -0.3 is 9.88 Å². The number of halogens is 1. The zero-order chi connectivity index (χ0) is 14.8. The van der Waals surface area contributed by atoms with Gasteiger partial charge in [0, 0.05) is 29.8 Å². The zero-order valence-corrected chi connectivity index (χ0v) is 13.6. The molecule has 0 radical (unpaired) electrons. The molecule has 0 aromatic carbocycles. The summed E-state index contributed by atoms with van der Waals surface area (Å²) in [5, 5.41) is 2.81. The first-order valence-electron chi connectivity index (χ1n) is 6.47. The Morgan fingerprint density at radius 3 is 2.75 bits per heavy atom. The van der Waals surface area contributed by atoms with Gasteiger partial charge in [0.1, 0.15) is 5.69 Å². The Morgan fingerprint density at radius 1 is 1.45 bits per heavy atom. The second kappa shape index (κ2) is 6.28. The van der Waals surface area contributed by atoms with Gasteiger partial charge in [0.25, 0.3) is 5.91 Å². The van der Waals surface area contributed by atoms with Crippen LogP contribution in [0.1, 0.15) is 35.8 Å². The van der Waals surface area contributed by atoms with E-state index in [-0.39, 0.29) is 5.91 Å². The molecule has 8 heteroatoms. The van der Waals surface area contributed by atoms with Gasteiger partial charge in [-0.2, -0.15) is 0 Å². The van der Waals surface area contributed by atoms with Gasteiger partial charge in [0.05, 0.1) is 6.26 Å². The van der Waals surface area contributed by atoms with Gasteiger partial charge in [-0.05, 0) is 41.3 Å². The third-order valence-electron chi connectivity index (χ3n) is 2.99. The minimum absolute atomic E-state index is 0.123. The normalized spacial score (nSPS) is 15.3. The number of nitrogens with zero attached hydrogens (tertiary/aromatic N) is 1. The molecule has 1 aromatic heterocycles. The Morgan fingerprint density at radius 2 is 2.15 bits per heavy atom. The van der Waals surface area contributed by atoms with Crippen LogP contribution in [0.15, 0.2) is 16.7 Å². The predicted octanol–water partition coefficient (Wildman–Crippen LogP) is 1.25. The first-order chi connectivity index (χ1) is 9.37. The van der Waals surface area contributed by atoms with E-state index in [1.165, 1.54) is 0 Å². The van der Waals surface area contributed by atoms with Crippen LogP contribution in [0.25, 0.3) is 0 Å². The van der Waals surface area contributed by atoms with Crippen LogP contribution in [-0.2, 0) is 10.0 Å². The molecule has 0 aliphatic heterocycles. The number of aromatic nitrogens is 1. The quantitative estimate of drug-likeness (QED) is 0.715. The highest BCUT2D eigenvalue weighted by Crippen LogP contribution is 2.37. The van der Waals surface area contributed by atoms with Crippen LogP contribution in [0, 0.1) is 0 Å². The number of hydrogen-bond donors (Lipinski definition) is 2. The molecule has 0 spiro atoms. The van der Waals surface area contributed by atoms with E-state index in [4.69, 9.17) is 0 Å². The predicted molar refractivity (Wildman–Crippen MR) is 80.2 cm³/mol. The van der Waals surface area contributed by atoms with Crippen molar-refractivity contribution in [1.29, 1.82) is 0 Å². The maximum atomic E-state index is 12.1. The van der Waals surface area contributed by atoms with Crippen LogP contribution in [0.3, 0.4) is 0 Å². The van der Waals surface area contributed by atoms with Crippen molar-refractivity contribution in [3.05, 3.63) is 22.4 Å². The van der Waals surface area contributed by atoms with E-state index < -0.39 is 10.0 Å². The van der Waals surface area contributed by atoms with Crippen LogP contribution in [0.5, 0.6) is 0 Å². The SMILES string of the molecule is CS(=O)(=O)NCCCNC(=O)c1cc(Br)cn1C1CC1. The number of carbonyl (C=O) groups excluding carboxylic acids is 1. The van der Waals surface area contributed by atoms with Crippen LogP contribution in [0.4, 0.5) is 0 Å². The Kier molecular flexibility index (Phi) is 4.87. The van der Waals surface area contributed by atoms with E-state index >= 15 is 0 Å². The van der Waals surface area contributed by atoms with Gasteiger partial charge in [0.15, 0.2) is 0 Å². The lowest BCUT2D eigenvalue weighted by atomic mass is 10.3. The van der Waals surface area contributed by atoms with E-state index in [0.717, 1.165) is 23.6 Å². The van der Waals surface area contributed by atoms with E-state index in [2.05, 4.69) is 26.0 Å². The van der Waals surface area contributed by atoms with Crippen LogP contribution >= 0.6 is 15.9 Å². The van der Waals surface area contributed by atoms with Crippen molar-refractivity contribution in [2.24, 2.45) is 0 Å². The molecular formula is C12H18BrN3O3S. The molecule has 20 heavy (non-hydrogen) atoms. The van der Waals surface area contributed by atoms with E-state index in [1.807, 2.05) is 16.8 Å². The molecule has 0 saturated heterocycles. The number of hydrogen-bond acceptors (Lipinski definition) is 3. The van der Waals surface area contributed by atoms with E-state index in [0.29, 0.717) is 31.2 Å². The molecule has 1 aliphatic carbocycles. The fraction of sp³-hybridized carbons (Fsp3) is 0.583. The average Bonchev–Trinajstić information content (AvgIpc) is 3.10. The molecule has 1 aromatic rings. The third-order valence-corrected chi connectivity index (χ3v) is 4.15. The standard InChI is InChI=1S/C12H18BrN3O3S/c1-20(18,19)15-6-2-5-14-12(17)11-7-9(13)8-16(11)10-3-4-10/h7-8,10,15H,2-6H2,1H3,(H,14,17). The van der Waals surface area contributed by atoms with E-state index in [9.17, 15) is 13.2 Å². The Labute approximate surface area is 127 Å². The second-order valence-electron chi connectivity index (χ2n) is 4.96. The largest absolute Gasteiger partial charge is 0.351 e. The summed E-state index contributed by atoms with van der Waals surface area (Å²) in [6, 6.07) is 2.25. The van der Waals surface area contributed by atoms with Crippen molar-refractivity contribution < 1.29 is 13.2 Å². The van der Waals surface area contributed by atoms with Crippen molar-refractivity contribution >= 4 is 31.9 Å². The number of sulfonamides is 1. The van der Waals surface area contributed by atoms with Gasteiger partial charge in [-0.1, -0.05) is 0 Å². The molecule has 1 saturated carbocycles. The molecule has 2 rings (SSSR count). The zero-order valence-electron chi connectivity index (χ0n) is 11.2. The Bertz CT molecular complexity index is 593. The summed E-state index contributed by atoms with van der Waals surface area (Å²) in [6.45, 7) is 0.765. The molecule has 6 nitrogen and oxygen atoms in total. The molecule has 0 unspecified atom stereocenters. The first kappa shape index (κ1) is 15.5. The fourth-order valence-electron chi connectivity index (χ4n) is 1.92. The van der Waals surface area contributed by atoms with Crippen LogP contribution in [0.2, 0.25) is 0 Å². The lowest BCUT2D eigenvalue weighted by molar-refractivity contribution is 0.0944. The van der Waals surface area contributed by atoms with E-state index in [1.54, 1.807) is 0 Å². The van der Waals surface area contributed by atoms with Crippen molar-refractivity contribution in [2.45, 2.75) is 25.3 Å². The highest BCUT2D eigenvalue weighted by molar-refractivity contribution is 9.10. The summed E-state index contributed by atoms with van der Waals surface area (Å²) in [5.41, 5.74) is 0.649. The first-order valence-corrected chi connectivity index (χ1v) is 9.15. The second-order valence-corrected chi connectivity index (χ2v) is 7.71. The van der Waals surface area contributed by atoms with Crippen molar-refractivity contribution in [3.63, 3.8) is 0 Å². The van der Waals surface area contributed by atoms with Crippen LogP contribution in [-0.4, -0.2) is 38.2 Å². The summed E-state index contributed by atoms with van der Waals surface area (Å²) in [7, 11) is -3.16. The van der Waals surface area contributed by atoms with Crippen molar-refractivity contribution in [3.8, 4) is 0 Å². The number of carbonyl (C=O) groups is 1. The van der Waals surface area contributed by atoms with Gasteiger partial charge in [-0.3, -0.25) is 4.79 Å². The topological polar surface area (TPSA) is 80.2 Å². The average molecular weight is 364 g/mol. The van der Waals surface area contributed by atoms with Crippen molar-refractivity contribution in [1.82, 2.24) is 14.6 Å². The molecule has 1 fully saturated rings. The summed E-state index contributed by atoms with van der Waals surface area (Å²) in [4.78, 5) is 12.1. The summed E-state index contributed by atoms with van der Waals surface area (Å²) >= 11 is 3.38. The Balaban J connectivity index is 1.80. The van der Waals surface area contributed by atoms with Crippen molar-refractivity contribution in [2.75, 3.05) is 19.3 Å². The smallest absolute Gasteiger partial charge is 0.267 e.